The maximum Gasteiger partial charge on any atom is 0.421 e. The molecule has 1 heterocycles. The largest absolute Gasteiger partial charge is 0.421 e. The number of halogens is 4. The van der Waals surface area contributed by atoms with Crippen molar-refractivity contribution in [3.63, 3.8) is 0 Å². The molecule has 0 aliphatic rings. The SMILES string of the molecule is FC(F)(F)c1cc(Cl)cnc1ONc1ccccc1. The van der Waals surface area contributed by atoms with Crippen molar-refractivity contribution < 1.29 is 18.0 Å². The zero-order valence-corrected chi connectivity index (χ0v) is 10.2. The Morgan fingerprint density at radius 1 is 1.16 bits per heavy atom. The fourth-order valence-corrected chi connectivity index (χ4v) is 1.48. The van der Waals surface area contributed by atoms with E-state index in [9.17, 15) is 13.2 Å². The number of hydrogen-bond donors (Lipinski definition) is 1. The fraction of sp³-hybridized carbons (Fsp3) is 0.0833. The van der Waals surface area contributed by atoms with Crippen LogP contribution in [0.3, 0.4) is 0 Å². The number of rotatable bonds is 3. The second-order valence-corrected chi connectivity index (χ2v) is 4.01. The van der Waals surface area contributed by atoms with Gasteiger partial charge in [0.1, 0.15) is 5.56 Å². The van der Waals surface area contributed by atoms with Crippen molar-refractivity contribution in [3.8, 4) is 5.88 Å². The lowest BCUT2D eigenvalue weighted by molar-refractivity contribution is -0.139. The van der Waals surface area contributed by atoms with Crippen LogP contribution in [0.2, 0.25) is 5.02 Å². The molecule has 7 heteroatoms. The lowest BCUT2D eigenvalue weighted by atomic mass is 10.2. The number of pyridine rings is 1. The molecule has 1 aromatic carbocycles. The molecule has 0 atom stereocenters. The van der Waals surface area contributed by atoms with Gasteiger partial charge in [-0.15, -0.1) is 0 Å². The summed E-state index contributed by atoms with van der Waals surface area (Å²) in [7, 11) is 0. The van der Waals surface area contributed by atoms with Crippen molar-refractivity contribution in [1.82, 2.24) is 4.98 Å². The summed E-state index contributed by atoms with van der Waals surface area (Å²) in [5.41, 5.74) is 1.86. The van der Waals surface area contributed by atoms with E-state index in [0.717, 1.165) is 12.3 Å². The molecule has 2 aromatic rings. The van der Waals surface area contributed by atoms with Gasteiger partial charge in [-0.2, -0.15) is 13.2 Å². The van der Waals surface area contributed by atoms with E-state index in [4.69, 9.17) is 16.4 Å². The molecule has 1 aromatic heterocycles. The zero-order valence-electron chi connectivity index (χ0n) is 9.41. The number of nitrogens with one attached hydrogen (secondary N) is 1. The molecule has 19 heavy (non-hydrogen) atoms. The molecule has 0 radical (unpaired) electrons. The molecule has 0 aliphatic heterocycles. The first-order valence-corrected chi connectivity index (χ1v) is 5.55. The first-order valence-electron chi connectivity index (χ1n) is 5.17. The molecule has 0 saturated heterocycles. The summed E-state index contributed by atoms with van der Waals surface area (Å²) < 4.78 is 38.2. The Labute approximate surface area is 111 Å². The van der Waals surface area contributed by atoms with Crippen molar-refractivity contribution >= 4 is 17.3 Å². The number of alkyl halides is 3. The third kappa shape index (κ3) is 3.51. The summed E-state index contributed by atoms with van der Waals surface area (Å²) in [6.07, 6.45) is -3.51. The summed E-state index contributed by atoms with van der Waals surface area (Å²) in [5.74, 6) is -0.583. The minimum Gasteiger partial charge on any atom is -0.361 e. The Kier molecular flexibility index (Phi) is 3.80. The number of aromatic nitrogens is 1. The van der Waals surface area contributed by atoms with Crippen LogP contribution in [0.25, 0.3) is 0 Å². The topological polar surface area (TPSA) is 34.1 Å². The summed E-state index contributed by atoms with van der Waals surface area (Å²) in [6.45, 7) is 0. The number of para-hydroxylation sites is 1. The average Bonchev–Trinajstić information content (AvgIpc) is 2.37. The van der Waals surface area contributed by atoms with Crippen molar-refractivity contribution in [2.24, 2.45) is 0 Å². The van der Waals surface area contributed by atoms with Crippen LogP contribution in [-0.4, -0.2) is 4.98 Å². The Morgan fingerprint density at radius 2 is 1.84 bits per heavy atom. The molecule has 0 bridgehead atoms. The predicted octanol–water partition coefficient (Wildman–Crippen LogP) is 4.16. The highest BCUT2D eigenvalue weighted by molar-refractivity contribution is 6.30. The van der Waals surface area contributed by atoms with Crippen molar-refractivity contribution in [1.29, 1.82) is 0 Å². The summed E-state index contributed by atoms with van der Waals surface area (Å²) in [6, 6.07) is 9.24. The van der Waals surface area contributed by atoms with Gasteiger partial charge in [0.25, 0.3) is 5.88 Å². The third-order valence-electron chi connectivity index (χ3n) is 2.16. The highest BCUT2D eigenvalue weighted by Crippen LogP contribution is 2.36. The Morgan fingerprint density at radius 3 is 2.47 bits per heavy atom. The van der Waals surface area contributed by atoms with E-state index in [1.807, 2.05) is 0 Å². The van der Waals surface area contributed by atoms with Gasteiger partial charge in [0, 0.05) is 6.20 Å². The van der Waals surface area contributed by atoms with Gasteiger partial charge in [-0.25, -0.2) is 10.5 Å². The van der Waals surface area contributed by atoms with Crippen LogP contribution >= 0.6 is 11.6 Å². The smallest absolute Gasteiger partial charge is 0.361 e. The van der Waals surface area contributed by atoms with Crippen LogP contribution < -0.4 is 10.3 Å². The molecule has 1 N–H and O–H groups in total. The van der Waals surface area contributed by atoms with Gasteiger partial charge in [0.2, 0.25) is 0 Å². The van der Waals surface area contributed by atoms with Crippen molar-refractivity contribution in [2.45, 2.75) is 6.18 Å². The van der Waals surface area contributed by atoms with Crippen LogP contribution in [0.4, 0.5) is 18.9 Å². The quantitative estimate of drug-likeness (QED) is 0.861. The van der Waals surface area contributed by atoms with Gasteiger partial charge >= 0.3 is 6.18 Å². The normalized spacial score (nSPS) is 11.2. The van der Waals surface area contributed by atoms with Crippen LogP contribution in [0.5, 0.6) is 5.88 Å². The van der Waals surface area contributed by atoms with Gasteiger partial charge in [0.05, 0.1) is 10.7 Å². The Hall–Kier alpha value is -1.95. The summed E-state index contributed by atoms with van der Waals surface area (Å²) in [4.78, 5) is 8.39. The van der Waals surface area contributed by atoms with Crippen LogP contribution in [0, 0.1) is 0 Å². The molecule has 0 spiro atoms. The van der Waals surface area contributed by atoms with Crippen LogP contribution in [0.15, 0.2) is 42.6 Å². The van der Waals surface area contributed by atoms with E-state index >= 15 is 0 Å². The van der Waals surface area contributed by atoms with Gasteiger partial charge in [0.15, 0.2) is 0 Å². The molecule has 2 rings (SSSR count). The van der Waals surface area contributed by atoms with Gasteiger partial charge < -0.3 is 4.84 Å². The molecule has 0 unspecified atom stereocenters. The lowest BCUT2D eigenvalue weighted by Gasteiger charge is -2.13. The first kappa shape index (κ1) is 13.5. The molecular weight excluding hydrogens is 281 g/mol. The minimum absolute atomic E-state index is 0.112. The van der Waals surface area contributed by atoms with Crippen LogP contribution in [0.1, 0.15) is 5.56 Å². The number of anilines is 1. The fourth-order valence-electron chi connectivity index (χ4n) is 1.32. The second kappa shape index (κ2) is 5.36. The summed E-state index contributed by atoms with van der Waals surface area (Å²) in [5, 5.41) is -0.112. The van der Waals surface area contributed by atoms with Gasteiger partial charge in [-0.1, -0.05) is 29.8 Å². The molecule has 3 nitrogen and oxygen atoms in total. The van der Waals surface area contributed by atoms with E-state index in [1.165, 1.54) is 0 Å². The van der Waals surface area contributed by atoms with Gasteiger partial charge in [-0.3, -0.25) is 0 Å². The molecule has 0 aliphatic carbocycles. The highest BCUT2D eigenvalue weighted by atomic mass is 35.5. The minimum atomic E-state index is -4.59. The maximum absolute atomic E-state index is 12.7. The van der Waals surface area contributed by atoms with E-state index in [2.05, 4.69) is 10.5 Å². The van der Waals surface area contributed by atoms with Crippen molar-refractivity contribution in [2.75, 3.05) is 5.48 Å². The first-order chi connectivity index (χ1) is 8.97. The Balaban J connectivity index is 2.21. The number of hydrogen-bond acceptors (Lipinski definition) is 3. The number of benzene rings is 1. The van der Waals surface area contributed by atoms with E-state index in [1.54, 1.807) is 30.3 Å². The predicted molar refractivity (Wildman–Crippen MR) is 64.9 cm³/mol. The summed E-state index contributed by atoms with van der Waals surface area (Å²) >= 11 is 5.50. The zero-order chi connectivity index (χ0) is 13.9. The van der Waals surface area contributed by atoms with E-state index in [-0.39, 0.29) is 5.02 Å². The average molecular weight is 289 g/mol. The van der Waals surface area contributed by atoms with Crippen LogP contribution in [-0.2, 0) is 6.18 Å². The number of nitrogens with zero attached hydrogens (tertiary/aromatic N) is 1. The van der Waals surface area contributed by atoms with E-state index in [0.29, 0.717) is 5.69 Å². The van der Waals surface area contributed by atoms with E-state index < -0.39 is 17.6 Å². The third-order valence-corrected chi connectivity index (χ3v) is 2.37. The van der Waals surface area contributed by atoms with Gasteiger partial charge in [-0.05, 0) is 18.2 Å². The monoisotopic (exact) mass is 288 g/mol. The molecule has 100 valence electrons. The molecule has 0 amide bonds. The maximum atomic E-state index is 12.7. The standard InChI is InChI=1S/C12H8ClF3N2O/c13-8-6-10(12(14,15)16)11(17-7-8)19-18-9-4-2-1-3-5-9/h1-7,18H. The lowest BCUT2D eigenvalue weighted by Crippen LogP contribution is -2.13. The second-order valence-electron chi connectivity index (χ2n) is 3.57. The Bertz CT molecular complexity index is 561. The molecule has 0 saturated carbocycles. The van der Waals surface area contributed by atoms with Crippen molar-refractivity contribution in [3.05, 3.63) is 53.2 Å². The molecule has 0 fully saturated rings. The molecular formula is C12H8ClF3N2O. The highest BCUT2D eigenvalue weighted by Gasteiger charge is 2.36.